The first kappa shape index (κ1) is 37.7. The van der Waals surface area contributed by atoms with Crippen LogP contribution in [0.25, 0.3) is 49.9 Å². The van der Waals surface area contributed by atoms with Gasteiger partial charge in [0.2, 0.25) is 0 Å². The summed E-state index contributed by atoms with van der Waals surface area (Å²) in [4.78, 5) is 7.27. The molecule has 0 amide bonds. The molecule has 0 saturated carbocycles. The molecule has 3 heterocycles. The minimum atomic E-state index is -2.63. The Morgan fingerprint density at radius 1 is 0.600 bits per heavy atom. The van der Waals surface area contributed by atoms with Crippen LogP contribution in [0.2, 0.25) is 11.5 Å². The zero-order valence-corrected chi connectivity index (χ0v) is 37.1. The second kappa shape index (κ2) is 14.6. The maximum atomic E-state index is 6.87. The van der Waals surface area contributed by atoms with Crippen molar-refractivity contribution in [1.82, 2.24) is 9.55 Å². The molecule has 60 heavy (non-hydrogen) atoms. The van der Waals surface area contributed by atoms with Crippen molar-refractivity contribution in [2.75, 3.05) is 17.3 Å². The van der Waals surface area contributed by atoms with Gasteiger partial charge in [-0.25, -0.2) is 0 Å². The smallest absolute Gasteiger partial charge is 0.0622 e. The van der Waals surface area contributed by atoms with Crippen LogP contribution in [0.3, 0.4) is 0 Å². The first-order chi connectivity index (χ1) is 29.1. The molecule has 0 bridgehead atoms. The van der Waals surface area contributed by atoms with E-state index in [2.05, 4.69) is 218 Å². The Hall–Kier alpha value is -6.57. The van der Waals surface area contributed by atoms with E-state index in [1.54, 1.807) is 0 Å². The van der Waals surface area contributed by atoms with Gasteiger partial charge in [0.05, 0.1) is 0 Å². The van der Waals surface area contributed by atoms with Crippen LogP contribution in [0.4, 0.5) is 22.7 Å². The second-order valence-electron chi connectivity index (χ2n) is 17.4. The van der Waals surface area contributed by atoms with Crippen LogP contribution in [0.15, 0.2) is 176 Å². The van der Waals surface area contributed by atoms with E-state index in [-0.39, 0.29) is 5.41 Å². The molecule has 1 aliphatic heterocycles. The molecule has 0 spiro atoms. The van der Waals surface area contributed by atoms with Crippen LogP contribution < -0.4 is 23.7 Å². The van der Waals surface area contributed by atoms with Gasteiger partial charge >= 0.3 is 256 Å². The van der Waals surface area contributed by atoms with E-state index < -0.39 is 13.3 Å². The molecule has 0 radical (unpaired) electrons. The Morgan fingerprint density at radius 3 is 1.97 bits per heavy atom. The van der Waals surface area contributed by atoms with Crippen LogP contribution in [-0.4, -0.2) is 29.9 Å². The number of pyridine rings is 1. The fourth-order valence-electron chi connectivity index (χ4n) is 9.16. The molecule has 10 rings (SSSR count). The molecule has 294 valence electrons. The maximum absolute atomic E-state index is 6.87. The van der Waals surface area contributed by atoms with Crippen molar-refractivity contribution in [3.63, 3.8) is 0 Å². The summed E-state index contributed by atoms with van der Waals surface area (Å²) >= 11 is -2.63. The van der Waals surface area contributed by atoms with E-state index in [0.29, 0.717) is 0 Å². The average Bonchev–Trinajstić information content (AvgIpc) is 3.72. The summed E-state index contributed by atoms with van der Waals surface area (Å²) in [5, 5.41) is 6.52. The van der Waals surface area contributed by atoms with Crippen molar-refractivity contribution < 1.29 is 4.74 Å². The number of rotatable bonds is 9. The number of aromatic nitrogens is 2. The van der Waals surface area contributed by atoms with Crippen molar-refractivity contribution in [3.05, 3.63) is 182 Å². The molecule has 0 unspecified atom stereocenters. The summed E-state index contributed by atoms with van der Waals surface area (Å²) in [6.07, 6.45) is 1.95. The van der Waals surface area contributed by atoms with Gasteiger partial charge in [0, 0.05) is 11.1 Å². The van der Waals surface area contributed by atoms with E-state index in [1.807, 2.05) is 12.3 Å². The first-order valence-electron chi connectivity index (χ1n) is 20.8. The van der Waals surface area contributed by atoms with E-state index in [4.69, 9.17) is 9.72 Å². The van der Waals surface area contributed by atoms with Gasteiger partial charge in [-0.1, -0.05) is 78.9 Å². The third kappa shape index (κ3) is 6.45. The van der Waals surface area contributed by atoms with E-state index >= 15 is 0 Å². The normalized spacial score (nSPS) is 13.0. The van der Waals surface area contributed by atoms with Gasteiger partial charge in [-0.2, -0.15) is 0 Å². The quantitative estimate of drug-likeness (QED) is 0.147. The topological polar surface area (TPSA) is 42.3 Å². The van der Waals surface area contributed by atoms with Crippen LogP contribution in [0.5, 0.6) is 11.5 Å². The summed E-state index contributed by atoms with van der Waals surface area (Å²) < 4.78 is 12.2. The van der Waals surface area contributed by atoms with Gasteiger partial charge in [0.15, 0.2) is 0 Å². The number of hydrogen-bond acceptors (Lipinski definition) is 4. The fraction of sp³-hybridized carbons (Fsp3) is 0.130. The standard InChI is InChI=1S/C54H48GeN4O/c1-54(2,3)38-30-31-56-50(32-38)59-48-29-17-26-44-51(48)52-45(55(44,4)5)34-41(35-49(52)59)60-40-23-15-22-39(33-40)57-46-27-13-14-28-47(46)58(6)53-42(36-18-9-7-10-19-36)24-16-25-43(53)37-20-11-8-12-21-37/h7-35,57H,1-6H3. The van der Waals surface area contributed by atoms with Crippen molar-refractivity contribution in [3.8, 4) is 39.6 Å². The number of ether oxygens (including phenoxy) is 1. The van der Waals surface area contributed by atoms with Crippen molar-refractivity contribution in [2.45, 2.75) is 37.7 Å². The van der Waals surface area contributed by atoms with E-state index in [0.717, 1.165) is 45.6 Å². The Morgan fingerprint density at radius 2 is 1.25 bits per heavy atom. The number of nitrogens with one attached hydrogen (secondary N) is 1. The molecule has 2 aromatic heterocycles. The van der Waals surface area contributed by atoms with E-state index in [1.165, 1.54) is 52.9 Å². The van der Waals surface area contributed by atoms with Gasteiger partial charge in [-0.3, -0.25) is 0 Å². The van der Waals surface area contributed by atoms with Gasteiger partial charge in [0.1, 0.15) is 0 Å². The van der Waals surface area contributed by atoms with Crippen molar-refractivity contribution in [1.29, 1.82) is 0 Å². The summed E-state index contributed by atoms with van der Waals surface area (Å²) in [6, 6.07) is 60.5. The zero-order chi connectivity index (χ0) is 41.2. The number of para-hydroxylation sites is 3. The van der Waals surface area contributed by atoms with Gasteiger partial charge in [0.25, 0.3) is 0 Å². The Labute approximate surface area is 355 Å². The average molecular weight is 842 g/mol. The summed E-state index contributed by atoms with van der Waals surface area (Å²) in [7, 11) is 2.16. The van der Waals surface area contributed by atoms with Crippen LogP contribution in [0.1, 0.15) is 26.3 Å². The molecule has 5 nitrogen and oxygen atoms in total. The van der Waals surface area contributed by atoms with Crippen LogP contribution >= 0.6 is 0 Å². The molecular formula is C54H48GeN4O. The third-order valence-corrected chi connectivity index (χ3v) is 19.6. The molecule has 1 aliphatic rings. The summed E-state index contributed by atoms with van der Waals surface area (Å²) in [6.45, 7) is 6.77. The predicted molar refractivity (Wildman–Crippen MR) is 256 cm³/mol. The molecule has 0 saturated heterocycles. The summed E-state index contributed by atoms with van der Waals surface area (Å²) in [5.74, 6) is 7.57. The van der Waals surface area contributed by atoms with Gasteiger partial charge < -0.3 is 0 Å². The Kier molecular flexibility index (Phi) is 9.18. The Balaban J connectivity index is 1.02. The molecule has 7 aromatic carbocycles. The van der Waals surface area contributed by atoms with Gasteiger partial charge in [-0.05, 0) is 11.1 Å². The molecule has 0 aliphatic carbocycles. The number of nitrogens with zero attached hydrogens (tertiary/aromatic N) is 3. The minimum Gasteiger partial charge on any atom is -0.0622 e. The second-order valence-corrected chi connectivity index (χ2v) is 26.5. The fourth-order valence-corrected chi connectivity index (χ4v) is 15.6. The van der Waals surface area contributed by atoms with E-state index in [9.17, 15) is 0 Å². The van der Waals surface area contributed by atoms with Crippen molar-refractivity contribution >= 4 is 66.6 Å². The third-order valence-electron chi connectivity index (χ3n) is 12.2. The van der Waals surface area contributed by atoms with Crippen LogP contribution in [0, 0.1) is 0 Å². The number of hydrogen-bond donors (Lipinski definition) is 1. The molecule has 9 aromatic rings. The SMILES string of the molecule is CN(c1ccccc1Nc1cccc(Oc2c[c]3c4c5[c](cccc5n(-c5cc(C(C)(C)C)ccn5)c4c2)[Ge]3([CH3])[CH3])c1)c1c(-c2ccccc2)cccc1-c1ccccc1. The summed E-state index contributed by atoms with van der Waals surface area (Å²) in [5.41, 5.74) is 12.4. The monoisotopic (exact) mass is 842 g/mol. The predicted octanol–water partition coefficient (Wildman–Crippen LogP) is 13.2. The molecule has 6 heteroatoms. The molecule has 1 N–H and O–H groups in total. The number of benzene rings is 7. The number of anilines is 4. The zero-order valence-electron chi connectivity index (χ0n) is 35.0. The molecular weight excluding hydrogens is 793 g/mol. The van der Waals surface area contributed by atoms with Gasteiger partial charge in [-0.15, -0.1) is 0 Å². The van der Waals surface area contributed by atoms with Crippen LogP contribution in [-0.2, 0) is 5.41 Å². The Bertz CT molecular complexity index is 3020. The van der Waals surface area contributed by atoms with Crippen molar-refractivity contribution in [2.24, 2.45) is 0 Å². The first-order valence-corrected chi connectivity index (χ1v) is 27.1. The molecule has 0 fully saturated rings. The molecule has 0 atom stereocenters. The minimum absolute atomic E-state index is 0.00215.